The zero-order valence-electron chi connectivity index (χ0n) is 12.6. The van der Waals surface area contributed by atoms with Crippen LogP contribution in [0.1, 0.15) is 18.1 Å². The van der Waals surface area contributed by atoms with Crippen molar-refractivity contribution in [2.45, 2.75) is 6.92 Å². The lowest BCUT2D eigenvalue weighted by Crippen LogP contribution is -2.44. The van der Waals surface area contributed by atoms with Crippen LogP contribution in [0.3, 0.4) is 0 Å². The van der Waals surface area contributed by atoms with Crippen LogP contribution in [-0.2, 0) is 0 Å². The number of hydrogen-bond donors (Lipinski definition) is 0. The summed E-state index contributed by atoms with van der Waals surface area (Å²) in [7, 11) is 2.11. The van der Waals surface area contributed by atoms with Gasteiger partial charge in [0.1, 0.15) is 0 Å². The second kappa shape index (κ2) is 6.54. The summed E-state index contributed by atoms with van der Waals surface area (Å²) in [4.78, 5) is 15.4. The van der Waals surface area contributed by atoms with Crippen LogP contribution in [0.4, 0.5) is 11.4 Å². The molecule has 2 rings (SSSR count). The van der Waals surface area contributed by atoms with E-state index in [0.717, 1.165) is 37.4 Å². The van der Waals surface area contributed by atoms with Crippen molar-refractivity contribution < 1.29 is 4.92 Å². The number of benzene rings is 1. The van der Waals surface area contributed by atoms with Crippen LogP contribution in [0.15, 0.2) is 24.8 Å². The van der Waals surface area contributed by atoms with E-state index in [1.165, 1.54) is 0 Å². The van der Waals surface area contributed by atoms with E-state index in [0.29, 0.717) is 5.56 Å². The van der Waals surface area contributed by atoms with Crippen LogP contribution in [0.25, 0.3) is 12.2 Å². The second-order valence-corrected chi connectivity index (χ2v) is 5.18. The van der Waals surface area contributed by atoms with E-state index in [1.54, 1.807) is 12.1 Å². The Hall–Kier alpha value is -2.14. The summed E-state index contributed by atoms with van der Waals surface area (Å²) in [6, 6.07) is 3.43. The number of anilines is 1. The molecule has 0 aromatic heterocycles. The molecule has 1 aromatic carbocycles. The van der Waals surface area contributed by atoms with Crippen LogP contribution in [0.5, 0.6) is 0 Å². The quantitative estimate of drug-likeness (QED) is 0.631. The van der Waals surface area contributed by atoms with E-state index in [2.05, 4.69) is 23.4 Å². The number of nitrogens with zero attached hydrogens (tertiary/aromatic N) is 3. The standard InChI is InChI=1S/C16H21N3O2/c1-4-6-14-13(5-2)16(19(20)21)8-7-15(14)18-11-9-17(3)10-12-18/h4-8H,2,9-12H2,1,3H3/b6-4-. The van der Waals surface area contributed by atoms with Crippen molar-refractivity contribution in [2.75, 3.05) is 38.1 Å². The highest BCUT2D eigenvalue weighted by Gasteiger charge is 2.22. The number of piperazine rings is 1. The molecule has 0 aliphatic carbocycles. The zero-order chi connectivity index (χ0) is 15.4. The van der Waals surface area contributed by atoms with Crippen molar-refractivity contribution in [1.29, 1.82) is 0 Å². The molecule has 1 fully saturated rings. The Labute approximate surface area is 125 Å². The molecule has 1 aliphatic heterocycles. The summed E-state index contributed by atoms with van der Waals surface area (Å²) < 4.78 is 0. The predicted molar refractivity (Wildman–Crippen MR) is 87.6 cm³/mol. The lowest BCUT2D eigenvalue weighted by Gasteiger charge is -2.35. The summed E-state index contributed by atoms with van der Waals surface area (Å²) >= 11 is 0. The number of allylic oxidation sites excluding steroid dienone is 1. The number of likely N-dealkylation sites (N-methyl/N-ethyl adjacent to an activating group) is 1. The normalized spacial score (nSPS) is 16.4. The molecule has 0 unspecified atom stereocenters. The maximum Gasteiger partial charge on any atom is 0.277 e. The fraction of sp³-hybridized carbons (Fsp3) is 0.375. The van der Waals surface area contributed by atoms with E-state index in [4.69, 9.17) is 0 Å². The molecule has 21 heavy (non-hydrogen) atoms. The van der Waals surface area contributed by atoms with Gasteiger partial charge in [0.05, 0.1) is 10.5 Å². The van der Waals surface area contributed by atoms with Gasteiger partial charge in [-0.2, -0.15) is 0 Å². The van der Waals surface area contributed by atoms with Crippen LogP contribution < -0.4 is 4.90 Å². The van der Waals surface area contributed by atoms with Crippen molar-refractivity contribution in [2.24, 2.45) is 0 Å². The Balaban J connectivity index is 2.50. The summed E-state index contributed by atoms with van der Waals surface area (Å²) in [6.45, 7) is 9.51. The average Bonchev–Trinajstić information content (AvgIpc) is 2.48. The van der Waals surface area contributed by atoms with Gasteiger partial charge in [0, 0.05) is 43.5 Å². The van der Waals surface area contributed by atoms with Crippen molar-refractivity contribution in [3.05, 3.63) is 46.0 Å². The largest absolute Gasteiger partial charge is 0.368 e. The first-order valence-corrected chi connectivity index (χ1v) is 7.08. The summed E-state index contributed by atoms with van der Waals surface area (Å²) in [6.07, 6.45) is 5.41. The molecule has 1 saturated heterocycles. The molecule has 0 radical (unpaired) electrons. The molecule has 0 spiro atoms. The van der Waals surface area contributed by atoms with Gasteiger partial charge in [0.15, 0.2) is 0 Å². The third kappa shape index (κ3) is 3.13. The number of hydrogen-bond acceptors (Lipinski definition) is 4. The molecule has 0 saturated carbocycles. The van der Waals surface area contributed by atoms with Gasteiger partial charge in [0.25, 0.3) is 5.69 Å². The predicted octanol–water partition coefficient (Wildman–Crippen LogP) is 3.02. The smallest absolute Gasteiger partial charge is 0.277 e. The van der Waals surface area contributed by atoms with Gasteiger partial charge in [0.2, 0.25) is 0 Å². The van der Waals surface area contributed by atoms with Crippen LogP contribution in [0, 0.1) is 10.1 Å². The van der Waals surface area contributed by atoms with Gasteiger partial charge >= 0.3 is 0 Å². The molecular formula is C16H21N3O2. The average molecular weight is 287 g/mol. The third-order valence-electron chi connectivity index (χ3n) is 3.82. The van der Waals surface area contributed by atoms with E-state index in [9.17, 15) is 10.1 Å². The lowest BCUT2D eigenvalue weighted by molar-refractivity contribution is -0.385. The minimum absolute atomic E-state index is 0.107. The summed E-state index contributed by atoms with van der Waals surface area (Å²) in [5.74, 6) is 0. The van der Waals surface area contributed by atoms with Gasteiger partial charge in [-0.05, 0) is 20.0 Å². The van der Waals surface area contributed by atoms with Crippen LogP contribution in [0.2, 0.25) is 0 Å². The first-order valence-electron chi connectivity index (χ1n) is 7.08. The summed E-state index contributed by atoms with van der Waals surface area (Å²) in [5, 5.41) is 11.2. The van der Waals surface area contributed by atoms with Gasteiger partial charge in [-0.3, -0.25) is 10.1 Å². The molecule has 0 bridgehead atoms. The minimum atomic E-state index is -0.349. The van der Waals surface area contributed by atoms with Gasteiger partial charge in [-0.15, -0.1) is 0 Å². The second-order valence-electron chi connectivity index (χ2n) is 5.18. The molecule has 112 valence electrons. The van der Waals surface area contributed by atoms with E-state index < -0.39 is 0 Å². The van der Waals surface area contributed by atoms with Crippen molar-refractivity contribution in [3.8, 4) is 0 Å². The van der Waals surface area contributed by atoms with E-state index in [-0.39, 0.29) is 10.6 Å². The Kier molecular flexibility index (Phi) is 4.75. The maximum absolute atomic E-state index is 11.2. The van der Waals surface area contributed by atoms with Gasteiger partial charge < -0.3 is 9.80 Å². The number of nitro groups is 1. The lowest BCUT2D eigenvalue weighted by atomic mass is 10.0. The van der Waals surface area contributed by atoms with Gasteiger partial charge in [-0.25, -0.2) is 0 Å². The third-order valence-corrected chi connectivity index (χ3v) is 3.82. The Bertz CT molecular complexity index is 573. The monoisotopic (exact) mass is 287 g/mol. The fourth-order valence-corrected chi connectivity index (χ4v) is 2.65. The van der Waals surface area contributed by atoms with E-state index >= 15 is 0 Å². The van der Waals surface area contributed by atoms with Crippen molar-refractivity contribution in [1.82, 2.24) is 4.90 Å². The number of nitro benzene ring substituents is 1. The topological polar surface area (TPSA) is 49.6 Å². The molecule has 1 heterocycles. The highest BCUT2D eigenvalue weighted by molar-refractivity contribution is 5.81. The van der Waals surface area contributed by atoms with Crippen LogP contribution in [-0.4, -0.2) is 43.0 Å². The molecule has 1 aliphatic rings. The Morgan fingerprint density at radius 1 is 1.24 bits per heavy atom. The van der Waals surface area contributed by atoms with Crippen molar-refractivity contribution >= 4 is 23.5 Å². The molecule has 5 heteroatoms. The van der Waals surface area contributed by atoms with Crippen LogP contribution >= 0.6 is 0 Å². The Morgan fingerprint density at radius 3 is 2.43 bits per heavy atom. The molecular weight excluding hydrogens is 266 g/mol. The maximum atomic E-state index is 11.2. The zero-order valence-corrected chi connectivity index (χ0v) is 12.6. The van der Waals surface area contributed by atoms with E-state index in [1.807, 2.05) is 25.1 Å². The molecule has 5 nitrogen and oxygen atoms in total. The number of rotatable bonds is 4. The highest BCUT2D eigenvalue weighted by atomic mass is 16.6. The summed E-state index contributed by atoms with van der Waals surface area (Å²) in [5.41, 5.74) is 2.62. The fourth-order valence-electron chi connectivity index (χ4n) is 2.65. The minimum Gasteiger partial charge on any atom is -0.368 e. The first-order chi connectivity index (χ1) is 10.1. The van der Waals surface area contributed by atoms with Gasteiger partial charge in [-0.1, -0.05) is 24.8 Å². The molecule has 1 aromatic rings. The highest BCUT2D eigenvalue weighted by Crippen LogP contribution is 2.33. The molecule has 0 N–H and O–H groups in total. The molecule has 0 atom stereocenters. The molecule has 0 amide bonds. The first kappa shape index (κ1) is 15.3. The SMILES string of the molecule is C=Cc1c([N+](=O)[O-])ccc(N2CCN(C)CC2)c1/C=C\C. The van der Waals surface area contributed by atoms with Crippen molar-refractivity contribution in [3.63, 3.8) is 0 Å². The Morgan fingerprint density at radius 2 is 1.90 bits per heavy atom.